The van der Waals surface area contributed by atoms with Crippen LogP contribution in [0.4, 0.5) is 0 Å². The predicted molar refractivity (Wildman–Crippen MR) is 117 cm³/mol. The molecular formula is C23H28N6O2. The number of nitrogens with zero attached hydrogens (tertiary/aromatic N) is 4. The van der Waals surface area contributed by atoms with Gasteiger partial charge < -0.3 is 14.8 Å². The fourth-order valence-corrected chi connectivity index (χ4v) is 4.02. The average molecular weight is 421 g/mol. The number of imidazole rings is 1. The second kappa shape index (κ2) is 9.59. The number of carbonyl (C=O) groups excluding carboxylic acids is 2. The Labute approximate surface area is 181 Å². The van der Waals surface area contributed by atoms with Gasteiger partial charge in [-0.25, -0.2) is 4.98 Å². The van der Waals surface area contributed by atoms with Gasteiger partial charge >= 0.3 is 0 Å². The van der Waals surface area contributed by atoms with E-state index in [-0.39, 0.29) is 11.8 Å². The van der Waals surface area contributed by atoms with Crippen molar-refractivity contribution in [2.45, 2.75) is 32.7 Å². The van der Waals surface area contributed by atoms with Crippen LogP contribution in [0.5, 0.6) is 0 Å². The molecule has 2 amide bonds. The maximum absolute atomic E-state index is 12.9. The number of aromatic nitrogens is 4. The van der Waals surface area contributed by atoms with Crippen LogP contribution in [0.2, 0.25) is 0 Å². The van der Waals surface area contributed by atoms with E-state index < -0.39 is 0 Å². The summed E-state index contributed by atoms with van der Waals surface area (Å²) < 4.78 is 1.93. The number of H-pyrrole nitrogens is 1. The van der Waals surface area contributed by atoms with Crippen molar-refractivity contribution in [3.05, 3.63) is 60.3 Å². The van der Waals surface area contributed by atoms with E-state index in [0.29, 0.717) is 44.2 Å². The number of nitrogens with one attached hydrogen (secondary N) is 2. The number of rotatable bonds is 7. The summed E-state index contributed by atoms with van der Waals surface area (Å²) in [6.07, 6.45) is 7.52. The van der Waals surface area contributed by atoms with Gasteiger partial charge in [-0.3, -0.25) is 14.7 Å². The Balaban J connectivity index is 1.24. The molecule has 0 aliphatic carbocycles. The van der Waals surface area contributed by atoms with Crippen LogP contribution in [0.25, 0.3) is 11.3 Å². The summed E-state index contributed by atoms with van der Waals surface area (Å²) in [6, 6.07) is 9.82. The molecule has 3 heterocycles. The highest BCUT2D eigenvalue weighted by atomic mass is 16.2. The number of piperidine rings is 1. The molecule has 0 unspecified atom stereocenters. The highest BCUT2D eigenvalue weighted by Gasteiger charge is 2.26. The van der Waals surface area contributed by atoms with Gasteiger partial charge in [-0.1, -0.05) is 24.3 Å². The Hall–Kier alpha value is -3.42. The smallest absolute Gasteiger partial charge is 0.271 e. The van der Waals surface area contributed by atoms with Crippen molar-refractivity contribution in [2.24, 2.45) is 5.92 Å². The second-order valence-corrected chi connectivity index (χ2v) is 8.07. The molecule has 8 nitrogen and oxygen atoms in total. The monoisotopic (exact) mass is 420 g/mol. The highest BCUT2D eigenvalue weighted by molar-refractivity contribution is 5.93. The molecule has 3 aromatic rings. The molecule has 1 fully saturated rings. The van der Waals surface area contributed by atoms with E-state index in [2.05, 4.69) is 20.5 Å². The molecule has 1 aromatic carbocycles. The SMILES string of the molecule is Cc1ccccc1-c1cc(C(=O)N2CCC(CC(=O)NCCn3ccnc3)CC2)[nH]n1. The Kier molecular flexibility index (Phi) is 6.45. The molecule has 0 bridgehead atoms. The van der Waals surface area contributed by atoms with Gasteiger partial charge in [0, 0.05) is 50.6 Å². The average Bonchev–Trinajstić information content (AvgIpc) is 3.46. The quantitative estimate of drug-likeness (QED) is 0.614. The predicted octanol–water partition coefficient (Wildman–Crippen LogP) is 2.64. The molecule has 0 saturated carbocycles. The van der Waals surface area contributed by atoms with E-state index >= 15 is 0 Å². The summed E-state index contributed by atoms with van der Waals surface area (Å²) in [5.74, 6) is 0.346. The summed E-state index contributed by atoms with van der Waals surface area (Å²) in [4.78, 5) is 30.9. The van der Waals surface area contributed by atoms with Crippen molar-refractivity contribution in [3.8, 4) is 11.3 Å². The molecule has 4 rings (SSSR count). The lowest BCUT2D eigenvalue weighted by molar-refractivity contribution is -0.122. The van der Waals surface area contributed by atoms with Gasteiger partial charge in [-0.2, -0.15) is 5.10 Å². The van der Waals surface area contributed by atoms with E-state index in [0.717, 1.165) is 29.7 Å². The zero-order valence-electron chi connectivity index (χ0n) is 17.8. The Morgan fingerprint density at radius 3 is 2.77 bits per heavy atom. The molecule has 2 N–H and O–H groups in total. The van der Waals surface area contributed by atoms with Crippen molar-refractivity contribution in [1.82, 2.24) is 30.0 Å². The third kappa shape index (κ3) is 5.20. The fourth-order valence-electron chi connectivity index (χ4n) is 4.02. The topological polar surface area (TPSA) is 95.9 Å². The number of aryl methyl sites for hydroxylation is 1. The van der Waals surface area contributed by atoms with Gasteiger partial charge in [0.2, 0.25) is 5.91 Å². The van der Waals surface area contributed by atoms with E-state index in [9.17, 15) is 9.59 Å². The normalized spacial score (nSPS) is 14.5. The van der Waals surface area contributed by atoms with E-state index in [4.69, 9.17) is 0 Å². The zero-order chi connectivity index (χ0) is 21.6. The van der Waals surface area contributed by atoms with Crippen LogP contribution < -0.4 is 5.32 Å². The Morgan fingerprint density at radius 1 is 1.23 bits per heavy atom. The van der Waals surface area contributed by atoms with Crippen molar-refractivity contribution >= 4 is 11.8 Å². The van der Waals surface area contributed by atoms with E-state index in [1.807, 2.05) is 52.9 Å². The third-order valence-electron chi connectivity index (χ3n) is 5.86. The summed E-state index contributed by atoms with van der Waals surface area (Å²) in [7, 11) is 0. The maximum Gasteiger partial charge on any atom is 0.271 e. The Morgan fingerprint density at radius 2 is 2.03 bits per heavy atom. The third-order valence-corrected chi connectivity index (χ3v) is 5.86. The number of likely N-dealkylation sites (tertiary alicyclic amines) is 1. The molecule has 0 radical (unpaired) electrons. The molecule has 31 heavy (non-hydrogen) atoms. The zero-order valence-corrected chi connectivity index (χ0v) is 17.8. The van der Waals surface area contributed by atoms with E-state index in [1.165, 1.54) is 0 Å². The van der Waals surface area contributed by atoms with Gasteiger partial charge in [0.15, 0.2) is 0 Å². The minimum atomic E-state index is -0.0319. The van der Waals surface area contributed by atoms with Gasteiger partial charge in [-0.15, -0.1) is 0 Å². The molecule has 0 spiro atoms. The summed E-state index contributed by atoms with van der Waals surface area (Å²) in [6.45, 7) is 4.65. The van der Waals surface area contributed by atoms with Crippen molar-refractivity contribution in [2.75, 3.05) is 19.6 Å². The first-order valence-corrected chi connectivity index (χ1v) is 10.7. The first-order valence-electron chi connectivity index (χ1n) is 10.7. The van der Waals surface area contributed by atoms with Crippen LogP contribution in [0.15, 0.2) is 49.1 Å². The van der Waals surface area contributed by atoms with Crippen molar-refractivity contribution < 1.29 is 9.59 Å². The number of carbonyl (C=O) groups is 2. The lowest BCUT2D eigenvalue weighted by Gasteiger charge is -2.31. The lowest BCUT2D eigenvalue weighted by atomic mass is 9.93. The van der Waals surface area contributed by atoms with Crippen LogP contribution in [0, 0.1) is 12.8 Å². The molecule has 1 aliphatic rings. The van der Waals surface area contributed by atoms with Crippen molar-refractivity contribution in [3.63, 3.8) is 0 Å². The van der Waals surface area contributed by atoms with Crippen LogP contribution in [0.1, 0.15) is 35.3 Å². The molecular weight excluding hydrogens is 392 g/mol. The van der Waals surface area contributed by atoms with Gasteiger partial charge in [0.25, 0.3) is 5.91 Å². The van der Waals surface area contributed by atoms with Crippen LogP contribution >= 0.6 is 0 Å². The van der Waals surface area contributed by atoms with Crippen LogP contribution in [-0.2, 0) is 11.3 Å². The van der Waals surface area contributed by atoms with Crippen molar-refractivity contribution in [1.29, 1.82) is 0 Å². The number of hydrogen-bond acceptors (Lipinski definition) is 4. The molecule has 8 heteroatoms. The maximum atomic E-state index is 12.9. The standard InChI is InChI=1S/C23H28N6O2/c1-17-4-2-3-5-19(17)20-15-21(27-26-20)23(31)29-10-6-18(7-11-29)14-22(30)25-9-13-28-12-8-24-16-28/h2-5,8,12,15-16,18H,6-7,9-11,13-14H2,1H3,(H,25,30)(H,26,27). The molecule has 162 valence electrons. The Bertz CT molecular complexity index is 1020. The molecule has 1 saturated heterocycles. The van der Waals surface area contributed by atoms with Gasteiger partial charge in [0.1, 0.15) is 5.69 Å². The summed E-state index contributed by atoms with van der Waals surface area (Å²) in [5.41, 5.74) is 3.44. The molecule has 0 atom stereocenters. The summed E-state index contributed by atoms with van der Waals surface area (Å²) in [5, 5.41) is 10.2. The first kappa shape index (κ1) is 20.8. The fraction of sp³-hybridized carbons (Fsp3) is 0.391. The van der Waals surface area contributed by atoms with Crippen LogP contribution in [0.3, 0.4) is 0 Å². The second-order valence-electron chi connectivity index (χ2n) is 8.07. The molecule has 1 aliphatic heterocycles. The van der Waals surface area contributed by atoms with Crippen LogP contribution in [-0.4, -0.2) is 56.1 Å². The molecule has 2 aromatic heterocycles. The van der Waals surface area contributed by atoms with Gasteiger partial charge in [-0.05, 0) is 37.3 Å². The summed E-state index contributed by atoms with van der Waals surface area (Å²) >= 11 is 0. The minimum Gasteiger partial charge on any atom is -0.354 e. The number of aromatic amines is 1. The number of amides is 2. The largest absolute Gasteiger partial charge is 0.354 e. The lowest BCUT2D eigenvalue weighted by Crippen LogP contribution is -2.40. The first-order chi connectivity index (χ1) is 15.1. The van der Waals surface area contributed by atoms with E-state index in [1.54, 1.807) is 12.5 Å². The number of benzene rings is 1. The highest BCUT2D eigenvalue weighted by Crippen LogP contribution is 2.24. The number of hydrogen-bond donors (Lipinski definition) is 2. The minimum absolute atomic E-state index is 0.0319. The van der Waals surface area contributed by atoms with Gasteiger partial charge in [0.05, 0.1) is 12.0 Å².